The summed E-state index contributed by atoms with van der Waals surface area (Å²) in [4.78, 5) is 13.5. The maximum Gasteiger partial charge on any atom is 0.328 e. The molecule has 0 aromatic heterocycles. The molecule has 0 amide bonds. The number of rotatable bonds is 2. The molecular weight excluding hydrogens is 235 g/mol. The van der Waals surface area contributed by atoms with Crippen molar-refractivity contribution in [1.82, 2.24) is 0 Å². The van der Waals surface area contributed by atoms with Gasteiger partial charge in [0.2, 0.25) is 0 Å². The van der Waals surface area contributed by atoms with Gasteiger partial charge in [0.25, 0.3) is 0 Å². The molecule has 1 aromatic rings. The average molecular weight is 248 g/mol. The number of nitriles is 1. The summed E-state index contributed by atoms with van der Waals surface area (Å²) in [5.41, 5.74) is 0.831. The van der Waals surface area contributed by atoms with Crippen LogP contribution in [0.25, 0.3) is 0 Å². The molecule has 1 atom stereocenters. The Bertz CT molecular complexity index is 510. The molecule has 0 N–H and O–H groups in total. The first-order valence-electron chi connectivity index (χ1n) is 5.71. The molecule has 1 aliphatic heterocycles. The fourth-order valence-corrected chi connectivity index (χ4v) is 2.28. The number of benzene rings is 1. The molecule has 1 fully saturated rings. The van der Waals surface area contributed by atoms with Gasteiger partial charge in [0.05, 0.1) is 18.4 Å². The Labute approximate surface area is 105 Å². The molecule has 0 saturated carbocycles. The zero-order valence-electron chi connectivity index (χ0n) is 10.0. The third-order valence-electron chi connectivity index (χ3n) is 3.11. The molecule has 5 heteroatoms. The predicted octanol–water partition coefficient (Wildman–Crippen LogP) is 1.84. The summed E-state index contributed by atoms with van der Waals surface area (Å²) < 4.78 is 17.8. The van der Waals surface area contributed by atoms with Crippen molar-refractivity contribution in [2.75, 3.05) is 18.6 Å². The van der Waals surface area contributed by atoms with Gasteiger partial charge in [-0.1, -0.05) is 0 Å². The van der Waals surface area contributed by atoms with Crippen LogP contribution in [0.4, 0.5) is 10.1 Å². The Balaban J connectivity index is 2.36. The van der Waals surface area contributed by atoms with Crippen molar-refractivity contribution < 1.29 is 13.9 Å². The van der Waals surface area contributed by atoms with Crippen LogP contribution < -0.4 is 4.90 Å². The van der Waals surface area contributed by atoms with Crippen LogP contribution >= 0.6 is 0 Å². The van der Waals surface area contributed by atoms with E-state index in [0.29, 0.717) is 18.7 Å². The minimum atomic E-state index is -0.455. The minimum absolute atomic E-state index is 0.241. The van der Waals surface area contributed by atoms with Gasteiger partial charge in [-0.15, -0.1) is 0 Å². The molecular formula is C13H13FN2O2. The molecule has 1 saturated heterocycles. The molecule has 1 aliphatic rings. The van der Waals surface area contributed by atoms with Gasteiger partial charge in [0.15, 0.2) is 0 Å². The maximum atomic E-state index is 13.1. The average Bonchev–Trinajstić information content (AvgIpc) is 2.86. The first-order valence-corrected chi connectivity index (χ1v) is 5.71. The van der Waals surface area contributed by atoms with Gasteiger partial charge in [-0.05, 0) is 31.0 Å². The van der Waals surface area contributed by atoms with Gasteiger partial charge < -0.3 is 9.64 Å². The summed E-state index contributed by atoms with van der Waals surface area (Å²) in [7, 11) is 1.34. The predicted molar refractivity (Wildman–Crippen MR) is 63.5 cm³/mol. The van der Waals surface area contributed by atoms with Gasteiger partial charge in [-0.3, -0.25) is 0 Å². The Morgan fingerprint density at radius 2 is 2.39 bits per heavy atom. The number of carbonyl (C=O) groups excluding carboxylic acids is 1. The summed E-state index contributed by atoms with van der Waals surface area (Å²) in [5.74, 6) is -0.773. The largest absolute Gasteiger partial charge is 0.467 e. The van der Waals surface area contributed by atoms with E-state index in [1.54, 1.807) is 0 Å². The topological polar surface area (TPSA) is 53.3 Å². The van der Waals surface area contributed by atoms with Crippen molar-refractivity contribution in [1.29, 1.82) is 5.26 Å². The molecule has 1 heterocycles. The molecule has 18 heavy (non-hydrogen) atoms. The fourth-order valence-electron chi connectivity index (χ4n) is 2.28. The van der Waals surface area contributed by atoms with Crippen LogP contribution in [0.1, 0.15) is 18.4 Å². The fraction of sp³-hybridized carbons (Fsp3) is 0.385. The number of ether oxygens (including phenoxy) is 1. The van der Waals surface area contributed by atoms with Crippen molar-refractivity contribution in [3.8, 4) is 6.07 Å². The van der Waals surface area contributed by atoms with Crippen molar-refractivity contribution >= 4 is 11.7 Å². The van der Waals surface area contributed by atoms with Gasteiger partial charge in [0.1, 0.15) is 17.9 Å². The van der Waals surface area contributed by atoms with Gasteiger partial charge >= 0.3 is 5.97 Å². The van der Waals surface area contributed by atoms with Crippen LogP contribution in [-0.4, -0.2) is 25.7 Å². The standard InChI is InChI=1S/C13H13FN2O2/c1-18-13(17)12-3-2-6-16(12)11-5-4-10(14)7-9(11)8-15/h4-5,7,12H,2-3,6H2,1H3. The number of nitrogens with zero attached hydrogens (tertiary/aromatic N) is 2. The molecule has 0 spiro atoms. The van der Waals surface area contributed by atoms with Crippen molar-refractivity contribution in [2.24, 2.45) is 0 Å². The number of esters is 1. The highest BCUT2D eigenvalue weighted by Gasteiger charge is 2.32. The number of halogens is 1. The lowest BCUT2D eigenvalue weighted by atomic mass is 10.1. The third kappa shape index (κ3) is 2.14. The Morgan fingerprint density at radius 1 is 1.61 bits per heavy atom. The van der Waals surface area contributed by atoms with Crippen LogP contribution in [0.3, 0.4) is 0 Å². The van der Waals surface area contributed by atoms with E-state index in [1.165, 1.54) is 25.3 Å². The zero-order valence-corrected chi connectivity index (χ0v) is 10.0. The molecule has 0 radical (unpaired) electrons. The Hall–Kier alpha value is -2.09. The molecule has 1 aromatic carbocycles. The van der Waals surface area contributed by atoms with Crippen LogP contribution in [0, 0.1) is 17.1 Å². The van der Waals surface area contributed by atoms with E-state index in [-0.39, 0.29) is 17.6 Å². The van der Waals surface area contributed by atoms with E-state index >= 15 is 0 Å². The first kappa shape index (κ1) is 12.4. The van der Waals surface area contributed by atoms with Crippen LogP contribution in [-0.2, 0) is 9.53 Å². The van der Waals surface area contributed by atoms with E-state index in [4.69, 9.17) is 10.00 Å². The van der Waals surface area contributed by atoms with Gasteiger partial charge in [-0.2, -0.15) is 5.26 Å². The van der Waals surface area contributed by atoms with E-state index in [2.05, 4.69) is 0 Å². The van der Waals surface area contributed by atoms with Crippen molar-refractivity contribution in [2.45, 2.75) is 18.9 Å². The highest BCUT2D eigenvalue weighted by atomic mass is 19.1. The summed E-state index contributed by atoms with van der Waals surface area (Å²) in [6.45, 7) is 0.667. The van der Waals surface area contributed by atoms with Crippen LogP contribution in [0.5, 0.6) is 0 Å². The second-order valence-electron chi connectivity index (χ2n) is 4.15. The van der Waals surface area contributed by atoms with Gasteiger partial charge in [-0.25, -0.2) is 9.18 Å². The van der Waals surface area contributed by atoms with E-state index in [9.17, 15) is 9.18 Å². The molecule has 0 bridgehead atoms. The Kier molecular flexibility index (Phi) is 3.47. The number of anilines is 1. The monoisotopic (exact) mass is 248 g/mol. The highest BCUT2D eigenvalue weighted by molar-refractivity contribution is 5.81. The lowest BCUT2D eigenvalue weighted by Crippen LogP contribution is -2.37. The normalized spacial score (nSPS) is 18.5. The highest BCUT2D eigenvalue weighted by Crippen LogP contribution is 2.29. The Morgan fingerprint density at radius 3 is 3.06 bits per heavy atom. The van der Waals surface area contributed by atoms with E-state index < -0.39 is 5.82 Å². The maximum absolute atomic E-state index is 13.1. The minimum Gasteiger partial charge on any atom is -0.467 e. The molecule has 0 aliphatic carbocycles. The first-order chi connectivity index (χ1) is 8.67. The van der Waals surface area contributed by atoms with Crippen molar-refractivity contribution in [3.05, 3.63) is 29.6 Å². The third-order valence-corrected chi connectivity index (χ3v) is 3.11. The SMILES string of the molecule is COC(=O)C1CCCN1c1ccc(F)cc1C#N. The smallest absolute Gasteiger partial charge is 0.328 e. The molecule has 94 valence electrons. The second kappa shape index (κ2) is 5.05. The molecule has 2 rings (SSSR count). The van der Waals surface area contributed by atoms with Gasteiger partial charge in [0, 0.05) is 6.54 Å². The number of hydrogen-bond acceptors (Lipinski definition) is 4. The lowest BCUT2D eigenvalue weighted by molar-refractivity contribution is -0.141. The molecule has 1 unspecified atom stereocenters. The molecule has 4 nitrogen and oxygen atoms in total. The second-order valence-corrected chi connectivity index (χ2v) is 4.15. The van der Waals surface area contributed by atoms with Crippen LogP contribution in [0.15, 0.2) is 18.2 Å². The van der Waals surface area contributed by atoms with E-state index in [1.807, 2.05) is 11.0 Å². The number of hydrogen-bond donors (Lipinski definition) is 0. The number of carbonyl (C=O) groups is 1. The quantitative estimate of drug-likeness (QED) is 0.749. The number of methoxy groups -OCH3 is 1. The lowest BCUT2D eigenvalue weighted by Gasteiger charge is -2.25. The summed E-state index contributed by atoms with van der Waals surface area (Å²) in [6.07, 6.45) is 1.54. The summed E-state index contributed by atoms with van der Waals surface area (Å²) >= 11 is 0. The van der Waals surface area contributed by atoms with E-state index in [0.717, 1.165) is 6.42 Å². The zero-order chi connectivity index (χ0) is 13.1. The summed E-state index contributed by atoms with van der Waals surface area (Å²) in [6, 6.07) is 5.59. The summed E-state index contributed by atoms with van der Waals surface area (Å²) in [5, 5.41) is 9.03. The van der Waals surface area contributed by atoms with Crippen LogP contribution in [0.2, 0.25) is 0 Å². The van der Waals surface area contributed by atoms with Crippen molar-refractivity contribution in [3.63, 3.8) is 0 Å².